The van der Waals surface area contributed by atoms with Crippen molar-refractivity contribution in [3.05, 3.63) is 95.1 Å². The SMILES string of the molecule is CC1(C)C2CCC(CN(CC(O)COCc3ccccc3)CC3(O)CCC4C56C=CC7(C=C5C(=O)c5ccc(F)c(F)c5)CC(O)CCC7(C)C6CCC43C)C1C2. The first-order chi connectivity index (χ1) is 27.1. The first-order valence-corrected chi connectivity index (χ1v) is 21.9. The molecule has 8 heteroatoms. The van der Waals surface area contributed by atoms with Gasteiger partial charge in [0.05, 0.1) is 31.0 Å². The Labute approximate surface area is 337 Å². The van der Waals surface area contributed by atoms with Crippen molar-refractivity contribution >= 4 is 5.78 Å². The molecule has 12 atom stereocenters. The first kappa shape index (κ1) is 39.7. The van der Waals surface area contributed by atoms with Gasteiger partial charge in [-0.25, -0.2) is 8.78 Å². The van der Waals surface area contributed by atoms with E-state index < -0.39 is 45.7 Å². The predicted molar refractivity (Wildman–Crippen MR) is 216 cm³/mol. The zero-order chi connectivity index (χ0) is 40.2. The lowest BCUT2D eigenvalue weighted by Crippen LogP contribution is -2.67. The number of allylic oxidation sites excluding steroid dienone is 4. The number of Topliss-reactive ketones (excluding diaryl/α,β-unsaturated/α-hetero) is 1. The van der Waals surface area contributed by atoms with Gasteiger partial charge in [0.2, 0.25) is 0 Å². The molecule has 2 aromatic rings. The molecule has 0 aliphatic heterocycles. The van der Waals surface area contributed by atoms with Crippen LogP contribution in [0, 0.1) is 68.3 Å². The van der Waals surface area contributed by atoms with Gasteiger partial charge in [0, 0.05) is 47.0 Å². The molecule has 3 N–H and O–H groups in total. The Balaban J connectivity index is 1.04. The minimum absolute atomic E-state index is 0.0746. The van der Waals surface area contributed by atoms with Gasteiger partial charge in [-0.2, -0.15) is 0 Å². The van der Waals surface area contributed by atoms with Gasteiger partial charge in [-0.3, -0.25) is 9.69 Å². The highest BCUT2D eigenvalue weighted by Crippen LogP contribution is 2.78. The van der Waals surface area contributed by atoms with Crippen LogP contribution in [0.25, 0.3) is 0 Å². The first-order valence-electron chi connectivity index (χ1n) is 21.9. The van der Waals surface area contributed by atoms with Crippen LogP contribution in [-0.2, 0) is 11.3 Å². The summed E-state index contributed by atoms with van der Waals surface area (Å²) in [7, 11) is 0. The number of fused-ring (bicyclic) bond motifs is 3. The molecule has 0 amide bonds. The van der Waals surface area contributed by atoms with E-state index >= 15 is 0 Å². The number of hydrogen-bond acceptors (Lipinski definition) is 6. The van der Waals surface area contributed by atoms with Crippen molar-refractivity contribution in [2.75, 3.05) is 26.2 Å². The number of halogens is 2. The molecule has 6 saturated carbocycles. The standard InChI is InChI=1S/C49H63F2NO5/c1-44(2)34-12-10-33(37(44)23-34)26-52(27-36(54)29-57-28-31-8-6-5-7-9-31)30-48(56)19-16-42-46(48,4)18-15-41-45(3)17-14-35(53)24-47(45)20-21-49(41,42)38(25-47)43(55)32-11-13-39(50)40(51)22-32/h5-9,11,13,20-22,25,33-37,41-42,53-54,56H,10,12,14-19,23-24,26-30H2,1-4H3. The summed E-state index contributed by atoms with van der Waals surface area (Å²) in [4.78, 5) is 17.2. The summed E-state index contributed by atoms with van der Waals surface area (Å²) in [5.74, 6) is -0.408. The normalized spacial score (nSPS) is 41.5. The van der Waals surface area contributed by atoms with Crippen molar-refractivity contribution in [3.63, 3.8) is 0 Å². The van der Waals surface area contributed by atoms with Crippen molar-refractivity contribution in [1.29, 1.82) is 0 Å². The van der Waals surface area contributed by atoms with Gasteiger partial charge in [0.15, 0.2) is 17.4 Å². The van der Waals surface area contributed by atoms with E-state index in [0.29, 0.717) is 61.8 Å². The number of aliphatic hydroxyl groups excluding tert-OH is 2. The topological polar surface area (TPSA) is 90.2 Å². The van der Waals surface area contributed by atoms with Crippen molar-refractivity contribution in [3.8, 4) is 0 Å². The van der Waals surface area contributed by atoms with Crippen molar-refractivity contribution in [1.82, 2.24) is 4.90 Å². The van der Waals surface area contributed by atoms with E-state index in [1.807, 2.05) is 30.3 Å². The molecule has 2 aromatic carbocycles. The third-order valence-corrected chi connectivity index (χ3v) is 18.0. The van der Waals surface area contributed by atoms with Gasteiger partial charge < -0.3 is 20.1 Å². The smallest absolute Gasteiger partial charge is 0.189 e. The Morgan fingerprint density at radius 2 is 1.65 bits per heavy atom. The van der Waals surface area contributed by atoms with Crippen LogP contribution in [0.1, 0.15) is 108 Å². The predicted octanol–water partition coefficient (Wildman–Crippen LogP) is 8.69. The quantitative estimate of drug-likeness (QED) is 0.148. The Morgan fingerprint density at radius 1 is 0.912 bits per heavy atom. The van der Waals surface area contributed by atoms with E-state index in [4.69, 9.17) is 4.74 Å². The van der Waals surface area contributed by atoms with Crippen molar-refractivity contribution < 1.29 is 33.6 Å². The van der Waals surface area contributed by atoms with Crippen LogP contribution in [0.5, 0.6) is 0 Å². The molecule has 57 heavy (non-hydrogen) atoms. The Bertz CT molecular complexity index is 1950. The van der Waals surface area contributed by atoms with Crippen LogP contribution in [0.3, 0.4) is 0 Å². The number of nitrogens with zero attached hydrogens (tertiary/aromatic N) is 1. The molecule has 9 aliphatic carbocycles. The third-order valence-electron chi connectivity index (χ3n) is 18.0. The number of carbonyl (C=O) groups excluding carboxylic acids is 1. The lowest BCUT2D eigenvalue weighted by Gasteiger charge is -2.71. The molecule has 2 spiro atoms. The lowest BCUT2D eigenvalue weighted by atomic mass is 9.32. The molecule has 0 heterocycles. The molecule has 11 rings (SSSR count). The molecular formula is C49H63F2NO5. The summed E-state index contributed by atoms with van der Waals surface area (Å²) in [6.45, 7) is 11.7. The fraction of sp³-hybridized carbons (Fsp3) is 0.653. The Kier molecular flexibility index (Phi) is 9.68. The van der Waals surface area contributed by atoms with Gasteiger partial charge in [0.25, 0.3) is 0 Å². The molecule has 9 aliphatic rings. The molecule has 308 valence electrons. The summed E-state index contributed by atoms with van der Waals surface area (Å²) in [5.41, 5.74) is -0.960. The molecular weight excluding hydrogens is 721 g/mol. The molecule has 12 unspecified atom stereocenters. The Hall–Kier alpha value is -2.75. The minimum Gasteiger partial charge on any atom is -0.393 e. The van der Waals surface area contributed by atoms with Crippen molar-refractivity contribution in [2.24, 2.45) is 56.7 Å². The summed E-state index contributed by atoms with van der Waals surface area (Å²) < 4.78 is 34.9. The van der Waals surface area contributed by atoms with Crippen molar-refractivity contribution in [2.45, 2.75) is 116 Å². The monoisotopic (exact) mass is 783 g/mol. The maximum Gasteiger partial charge on any atom is 0.189 e. The number of carbonyl (C=O) groups is 1. The van der Waals surface area contributed by atoms with Crippen LogP contribution in [0.15, 0.2) is 72.3 Å². The average Bonchev–Trinajstić information content (AvgIpc) is 3.45. The van der Waals surface area contributed by atoms with E-state index in [-0.39, 0.29) is 35.2 Å². The summed E-state index contributed by atoms with van der Waals surface area (Å²) in [5, 5.41) is 35.9. The number of ketones is 1. The van der Waals surface area contributed by atoms with Crippen LogP contribution in [0.2, 0.25) is 0 Å². The fourth-order valence-corrected chi connectivity index (χ4v) is 14.7. The van der Waals surface area contributed by atoms with E-state index in [2.05, 4.69) is 50.8 Å². The summed E-state index contributed by atoms with van der Waals surface area (Å²) in [6.07, 6.45) is 14.1. The van der Waals surface area contributed by atoms with Gasteiger partial charge in [-0.1, -0.05) is 76.3 Å². The van der Waals surface area contributed by atoms with E-state index in [0.717, 1.165) is 55.8 Å². The summed E-state index contributed by atoms with van der Waals surface area (Å²) in [6, 6.07) is 13.5. The highest BCUT2D eigenvalue weighted by atomic mass is 19.2. The zero-order valence-electron chi connectivity index (χ0n) is 34.4. The van der Waals surface area contributed by atoms with Crippen LogP contribution < -0.4 is 0 Å². The average molecular weight is 784 g/mol. The maximum atomic E-state index is 14.8. The zero-order valence-corrected chi connectivity index (χ0v) is 34.4. The van der Waals surface area contributed by atoms with Crippen LogP contribution >= 0.6 is 0 Å². The molecule has 0 saturated heterocycles. The molecule has 0 aromatic heterocycles. The number of rotatable bonds is 12. The largest absolute Gasteiger partial charge is 0.393 e. The van der Waals surface area contributed by atoms with Gasteiger partial charge in [-0.05, 0) is 128 Å². The lowest BCUT2D eigenvalue weighted by molar-refractivity contribution is -0.179. The van der Waals surface area contributed by atoms with Gasteiger partial charge >= 0.3 is 0 Å². The molecule has 0 radical (unpaired) electrons. The van der Waals surface area contributed by atoms with Crippen LogP contribution in [0.4, 0.5) is 8.78 Å². The molecule has 6 fully saturated rings. The minimum atomic E-state index is -1.09. The molecule has 4 bridgehead atoms. The van der Waals surface area contributed by atoms with Gasteiger partial charge in [-0.15, -0.1) is 0 Å². The number of hydrogen-bond donors (Lipinski definition) is 3. The number of benzene rings is 2. The van der Waals surface area contributed by atoms with Gasteiger partial charge in [0.1, 0.15) is 0 Å². The number of ether oxygens (including phenoxy) is 1. The van der Waals surface area contributed by atoms with E-state index in [1.165, 1.54) is 25.3 Å². The second-order valence-electron chi connectivity index (χ2n) is 20.8. The van der Waals surface area contributed by atoms with Crippen LogP contribution in [-0.4, -0.2) is 70.1 Å². The highest BCUT2D eigenvalue weighted by molar-refractivity contribution is 6.10. The highest BCUT2D eigenvalue weighted by Gasteiger charge is 2.74. The van der Waals surface area contributed by atoms with E-state index in [9.17, 15) is 28.9 Å². The molecule has 6 nitrogen and oxygen atoms in total. The maximum absolute atomic E-state index is 14.8. The Morgan fingerprint density at radius 3 is 2.39 bits per heavy atom. The number of aliphatic hydroxyl groups is 3. The van der Waals surface area contributed by atoms with E-state index in [1.54, 1.807) is 0 Å². The second kappa shape index (κ2) is 13.9. The third kappa shape index (κ3) is 5.96. The second-order valence-corrected chi connectivity index (χ2v) is 20.8. The summed E-state index contributed by atoms with van der Waals surface area (Å²) >= 11 is 0. The fourth-order valence-electron chi connectivity index (χ4n) is 14.7.